The molecule has 0 N–H and O–H groups in total. The molecule has 0 aromatic heterocycles. The van der Waals surface area contributed by atoms with E-state index in [0.29, 0.717) is 17.2 Å². The Balaban J connectivity index is 2.54. The third kappa shape index (κ3) is 4.66. The summed E-state index contributed by atoms with van der Waals surface area (Å²) < 4.78 is 5.07. The quantitative estimate of drug-likeness (QED) is 0.275. The molecule has 0 fully saturated rings. The van der Waals surface area contributed by atoms with Crippen LogP contribution in [0.5, 0.6) is 0 Å². The Morgan fingerprint density at radius 1 is 1.37 bits per heavy atom. The molecule has 2 rings (SSSR count). The van der Waals surface area contributed by atoms with Crippen LogP contribution in [-0.2, 0) is 19.1 Å². The fraction of sp³-hybridized carbons (Fsp3) is 0.375. The van der Waals surface area contributed by atoms with Gasteiger partial charge in [-0.15, -0.1) is 6.42 Å². The number of terminal acetylenes is 1. The van der Waals surface area contributed by atoms with Crippen molar-refractivity contribution in [2.24, 2.45) is 5.92 Å². The van der Waals surface area contributed by atoms with Gasteiger partial charge in [0.2, 0.25) is 17.2 Å². The number of halogens is 1. The van der Waals surface area contributed by atoms with Crippen molar-refractivity contribution in [1.29, 1.82) is 0 Å². The number of esters is 1. The highest BCUT2D eigenvalue weighted by atomic mass is 35.5. The molecule has 0 radical (unpaired) electrons. The van der Waals surface area contributed by atoms with Crippen LogP contribution in [0.1, 0.15) is 41.0 Å². The van der Waals surface area contributed by atoms with Gasteiger partial charge in [0.1, 0.15) is 0 Å². The molecular formula is C24H26ClNO4. The fourth-order valence-corrected chi connectivity index (χ4v) is 3.60. The average molecular weight is 428 g/mol. The molecule has 1 aliphatic heterocycles. The molecule has 1 aliphatic carbocycles. The smallest absolute Gasteiger partial charge is 0.304 e. The molecule has 2 atom stereocenters. The standard InChI is InChI=1S/C24H26ClNO4/c1-7-11-26-14-20-19(13-18(26)10-9-16(4)12-15(3)8-2)21(25)23(29)24(6,22(20)28)30-17(5)27/h1,9-10,12-15H,8,11H2,2-6H3/b10-9+,16-12+/t15-,24+/m0/s1. The summed E-state index contributed by atoms with van der Waals surface area (Å²) in [5, 5.41) is -0.150. The summed E-state index contributed by atoms with van der Waals surface area (Å²) in [5.74, 6) is 0.897. The fourth-order valence-electron chi connectivity index (χ4n) is 3.26. The summed E-state index contributed by atoms with van der Waals surface area (Å²) in [4.78, 5) is 39.0. The van der Waals surface area contributed by atoms with Gasteiger partial charge in [-0.25, -0.2) is 0 Å². The van der Waals surface area contributed by atoms with E-state index in [2.05, 4.69) is 25.8 Å². The van der Waals surface area contributed by atoms with Crippen LogP contribution < -0.4 is 0 Å². The maximum absolute atomic E-state index is 13.1. The Bertz CT molecular complexity index is 974. The molecular weight excluding hydrogens is 402 g/mol. The van der Waals surface area contributed by atoms with E-state index in [1.807, 2.05) is 19.1 Å². The molecule has 5 nitrogen and oxygen atoms in total. The maximum atomic E-state index is 13.1. The molecule has 2 aliphatic rings. The number of nitrogens with zero attached hydrogens (tertiary/aromatic N) is 1. The SMILES string of the molecule is C#CCN1C=C2C(=O)[C@@](C)(OC(C)=O)C(=O)C(Cl)=C2C=C1/C=C/C(C)=C/[C@@H](C)CC. The van der Waals surface area contributed by atoms with E-state index in [1.165, 1.54) is 6.92 Å². The second-order valence-electron chi connectivity index (χ2n) is 7.59. The Kier molecular flexibility index (Phi) is 7.28. The molecule has 158 valence electrons. The summed E-state index contributed by atoms with van der Waals surface area (Å²) in [6.07, 6.45) is 15.7. The van der Waals surface area contributed by atoms with E-state index in [9.17, 15) is 14.4 Å². The molecule has 0 saturated carbocycles. The largest absolute Gasteiger partial charge is 0.443 e. The van der Waals surface area contributed by atoms with E-state index in [0.717, 1.165) is 18.9 Å². The number of hydrogen-bond acceptors (Lipinski definition) is 5. The number of hydrogen-bond donors (Lipinski definition) is 0. The van der Waals surface area contributed by atoms with Crippen LogP contribution >= 0.6 is 11.6 Å². The van der Waals surface area contributed by atoms with Crippen molar-refractivity contribution in [3.63, 3.8) is 0 Å². The van der Waals surface area contributed by atoms with Crippen LogP contribution in [0.25, 0.3) is 0 Å². The number of Topliss-reactive ketones (excluding diaryl/α,β-unsaturated/α-hetero) is 2. The van der Waals surface area contributed by atoms with Gasteiger partial charge in [0.15, 0.2) is 0 Å². The first kappa shape index (κ1) is 23.4. The van der Waals surface area contributed by atoms with Crippen LogP contribution in [-0.4, -0.2) is 34.6 Å². The second-order valence-corrected chi connectivity index (χ2v) is 7.96. The zero-order chi connectivity index (χ0) is 22.6. The molecule has 1 heterocycles. The van der Waals surface area contributed by atoms with Crippen LogP contribution in [0.2, 0.25) is 0 Å². The molecule has 6 heteroatoms. The van der Waals surface area contributed by atoms with E-state index in [4.69, 9.17) is 22.8 Å². The van der Waals surface area contributed by atoms with E-state index in [1.54, 1.807) is 17.2 Å². The van der Waals surface area contributed by atoms with Gasteiger partial charge in [0.25, 0.3) is 0 Å². The first-order valence-corrected chi connectivity index (χ1v) is 10.1. The topological polar surface area (TPSA) is 63.7 Å². The molecule has 0 saturated heterocycles. The predicted molar refractivity (Wildman–Crippen MR) is 117 cm³/mol. The Morgan fingerprint density at radius 2 is 2.03 bits per heavy atom. The molecule has 0 bridgehead atoms. The molecule has 0 unspecified atom stereocenters. The van der Waals surface area contributed by atoms with Crippen LogP contribution in [0.15, 0.2) is 58.0 Å². The van der Waals surface area contributed by atoms with Crippen molar-refractivity contribution in [2.45, 2.75) is 46.6 Å². The van der Waals surface area contributed by atoms with Gasteiger partial charge in [-0.2, -0.15) is 0 Å². The highest BCUT2D eigenvalue weighted by Crippen LogP contribution is 2.39. The summed E-state index contributed by atoms with van der Waals surface area (Å²) in [6.45, 7) is 8.87. The van der Waals surface area contributed by atoms with Gasteiger partial charge in [-0.3, -0.25) is 14.4 Å². The summed E-state index contributed by atoms with van der Waals surface area (Å²) in [7, 11) is 0. The van der Waals surface area contributed by atoms with Gasteiger partial charge in [-0.1, -0.05) is 55.5 Å². The van der Waals surface area contributed by atoms with Crippen molar-refractivity contribution in [1.82, 2.24) is 4.90 Å². The minimum Gasteiger partial charge on any atom is -0.443 e. The summed E-state index contributed by atoms with van der Waals surface area (Å²) in [6, 6.07) is 0. The lowest BCUT2D eigenvalue weighted by atomic mass is 9.79. The normalized spacial score (nSPS) is 23.1. The zero-order valence-corrected chi connectivity index (χ0v) is 18.7. The monoisotopic (exact) mass is 427 g/mol. The molecule has 0 aromatic carbocycles. The van der Waals surface area contributed by atoms with Crippen molar-refractivity contribution >= 4 is 29.1 Å². The van der Waals surface area contributed by atoms with Crippen molar-refractivity contribution in [2.75, 3.05) is 6.54 Å². The van der Waals surface area contributed by atoms with Crippen LogP contribution in [0.4, 0.5) is 0 Å². The highest BCUT2D eigenvalue weighted by molar-refractivity contribution is 6.49. The van der Waals surface area contributed by atoms with Crippen molar-refractivity contribution in [3.8, 4) is 12.3 Å². The highest BCUT2D eigenvalue weighted by Gasteiger charge is 2.52. The van der Waals surface area contributed by atoms with Gasteiger partial charge in [0, 0.05) is 30.0 Å². The lowest BCUT2D eigenvalue weighted by molar-refractivity contribution is -0.167. The zero-order valence-electron chi connectivity index (χ0n) is 17.9. The second kappa shape index (κ2) is 9.32. The van der Waals surface area contributed by atoms with Crippen molar-refractivity contribution in [3.05, 3.63) is 58.0 Å². The number of ketones is 2. The lowest BCUT2D eigenvalue weighted by Crippen LogP contribution is -2.52. The van der Waals surface area contributed by atoms with Gasteiger partial charge in [-0.05, 0) is 31.9 Å². The average Bonchev–Trinajstić information content (AvgIpc) is 2.69. The van der Waals surface area contributed by atoms with E-state index >= 15 is 0 Å². The number of carbonyl (C=O) groups is 3. The third-order valence-electron chi connectivity index (χ3n) is 5.06. The Labute approximate surface area is 182 Å². The Morgan fingerprint density at radius 3 is 2.60 bits per heavy atom. The van der Waals surface area contributed by atoms with E-state index in [-0.39, 0.29) is 17.2 Å². The van der Waals surface area contributed by atoms with Crippen LogP contribution in [0.3, 0.4) is 0 Å². The third-order valence-corrected chi connectivity index (χ3v) is 5.44. The number of rotatable bonds is 6. The number of ether oxygens (including phenoxy) is 1. The summed E-state index contributed by atoms with van der Waals surface area (Å²) in [5.41, 5.74) is 0.268. The number of fused-ring (bicyclic) bond motifs is 1. The molecule has 30 heavy (non-hydrogen) atoms. The molecule has 0 amide bonds. The van der Waals surface area contributed by atoms with E-state index < -0.39 is 23.1 Å². The Hall–Kier alpha value is -2.84. The predicted octanol–water partition coefficient (Wildman–Crippen LogP) is 4.22. The van der Waals surface area contributed by atoms with Gasteiger partial charge < -0.3 is 9.64 Å². The lowest BCUT2D eigenvalue weighted by Gasteiger charge is -2.35. The molecule has 0 spiro atoms. The minimum atomic E-state index is -1.99. The van der Waals surface area contributed by atoms with Gasteiger partial charge >= 0.3 is 5.97 Å². The van der Waals surface area contributed by atoms with Crippen LogP contribution in [0, 0.1) is 18.3 Å². The number of carbonyl (C=O) groups excluding carboxylic acids is 3. The first-order valence-electron chi connectivity index (χ1n) is 9.74. The first-order chi connectivity index (χ1) is 14.0. The van der Waals surface area contributed by atoms with Gasteiger partial charge in [0.05, 0.1) is 11.6 Å². The molecule has 0 aromatic rings. The summed E-state index contributed by atoms with van der Waals surface area (Å²) >= 11 is 6.32. The minimum absolute atomic E-state index is 0.150. The van der Waals surface area contributed by atoms with Crippen molar-refractivity contribution < 1.29 is 19.1 Å². The maximum Gasteiger partial charge on any atom is 0.304 e. The number of allylic oxidation sites excluding steroid dienone is 6.